The molecule has 0 aliphatic carbocycles. The molecular formula is C16H18ClN3O2S. The fraction of sp³-hybridized carbons (Fsp3) is 0.312. The number of thiazole rings is 1. The molecule has 1 N–H and O–H groups in total. The van der Waals surface area contributed by atoms with Crippen molar-refractivity contribution in [3.8, 4) is 0 Å². The maximum absolute atomic E-state index is 12.4. The van der Waals surface area contributed by atoms with Crippen molar-refractivity contribution in [1.82, 2.24) is 9.88 Å². The number of carbonyl (C=O) groups is 2. The summed E-state index contributed by atoms with van der Waals surface area (Å²) in [6.07, 6.45) is 1.82. The van der Waals surface area contributed by atoms with Crippen LogP contribution in [-0.4, -0.2) is 22.4 Å². The molecule has 23 heavy (non-hydrogen) atoms. The first kappa shape index (κ1) is 17.4. The van der Waals surface area contributed by atoms with E-state index >= 15 is 0 Å². The number of aromatic nitrogens is 1. The van der Waals surface area contributed by atoms with E-state index in [4.69, 9.17) is 11.6 Å². The second-order valence-corrected chi connectivity index (χ2v) is 6.70. The van der Waals surface area contributed by atoms with Gasteiger partial charge in [-0.3, -0.25) is 9.59 Å². The number of rotatable bonds is 4. The molecule has 5 nitrogen and oxygen atoms in total. The highest BCUT2D eigenvalue weighted by atomic mass is 35.5. The lowest BCUT2D eigenvalue weighted by molar-refractivity contribution is -0.120. The van der Waals surface area contributed by atoms with Crippen LogP contribution < -0.4 is 10.1 Å². The van der Waals surface area contributed by atoms with E-state index in [1.54, 1.807) is 28.8 Å². The second kappa shape index (κ2) is 7.57. The summed E-state index contributed by atoms with van der Waals surface area (Å²) in [5.74, 6) is -0.852. The molecule has 0 fully saturated rings. The normalized spacial score (nSPS) is 13.2. The van der Waals surface area contributed by atoms with Crippen LogP contribution in [0.25, 0.3) is 0 Å². The lowest BCUT2D eigenvalue weighted by Gasteiger charge is -2.19. The van der Waals surface area contributed by atoms with Crippen molar-refractivity contribution in [1.29, 1.82) is 0 Å². The quantitative estimate of drug-likeness (QED) is 0.920. The van der Waals surface area contributed by atoms with Crippen LogP contribution in [0.15, 0.2) is 40.8 Å². The number of hydrogen-bond donors (Lipinski definition) is 1. The van der Waals surface area contributed by atoms with Crippen LogP contribution in [0.5, 0.6) is 0 Å². The smallest absolute Gasteiger partial charge is 0.271 e. The van der Waals surface area contributed by atoms with Gasteiger partial charge in [-0.05, 0) is 18.1 Å². The van der Waals surface area contributed by atoms with Gasteiger partial charge in [0.15, 0.2) is 4.80 Å². The molecule has 2 aromatic rings. The Labute approximate surface area is 143 Å². The van der Waals surface area contributed by atoms with Crippen LogP contribution >= 0.6 is 22.9 Å². The van der Waals surface area contributed by atoms with E-state index in [1.807, 2.05) is 32.5 Å². The molecule has 2 amide bonds. The Morgan fingerprint density at radius 2 is 2.00 bits per heavy atom. The fourth-order valence-electron chi connectivity index (χ4n) is 1.98. The lowest BCUT2D eigenvalue weighted by Crippen LogP contribution is -2.44. The summed E-state index contributed by atoms with van der Waals surface area (Å²) >= 11 is 7.39. The minimum Gasteiger partial charge on any atom is -0.340 e. The van der Waals surface area contributed by atoms with E-state index in [0.717, 1.165) is 0 Å². The Morgan fingerprint density at radius 1 is 1.30 bits per heavy atom. The van der Waals surface area contributed by atoms with E-state index < -0.39 is 6.04 Å². The Morgan fingerprint density at radius 3 is 2.57 bits per heavy atom. The first-order valence-corrected chi connectivity index (χ1v) is 8.40. The summed E-state index contributed by atoms with van der Waals surface area (Å²) < 4.78 is 1.76. The molecule has 1 aromatic carbocycles. The summed E-state index contributed by atoms with van der Waals surface area (Å²) in [7, 11) is 1.81. The van der Waals surface area contributed by atoms with Gasteiger partial charge >= 0.3 is 0 Å². The van der Waals surface area contributed by atoms with Crippen LogP contribution in [0.3, 0.4) is 0 Å². The highest BCUT2D eigenvalue weighted by Gasteiger charge is 2.25. The first-order chi connectivity index (χ1) is 10.9. The molecule has 0 saturated carbocycles. The molecule has 7 heteroatoms. The maximum atomic E-state index is 12.4. The second-order valence-electron chi connectivity index (χ2n) is 5.42. The molecule has 1 unspecified atom stereocenters. The van der Waals surface area contributed by atoms with Gasteiger partial charge in [0, 0.05) is 18.6 Å². The predicted octanol–water partition coefficient (Wildman–Crippen LogP) is 2.62. The van der Waals surface area contributed by atoms with E-state index in [1.165, 1.54) is 11.3 Å². The minimum atomic E-state index is -0.708. The molecule has 1 heterocycles. The average molecular weight is 352 g/mol. The van der Waals surface area contributed by atoms with Crippen molar-refractivity contribution in [2.45, 2.75) is 19.9 Å². The van der Waals surface area contributed by atoms with Crippen molar-refractivity contribution in [3.63, 3.8) is 0 Å². The van der Waals surface area contributed by atoms with E-state index in [2.05, 4.69) is 10.3 Å². The number of nitrogens with one attached hydrogen (secondary N) is 1. The average Bonchev–Trinajstić information content (AvgIpc) is 2.89. The number of hydrogen-bond acceptors (Lipinski definition) is 3. The van der Waals surface area contributed by atoms with Gasteiger partial charge in [0.25, 0.3) is 11.8 Å². The molecule has 122 valence electrons. The molecule has 2 rings (SSSR count). The summed E-state index contributed by atoms with van der Waals surface area (Å²) in [5, 5.41) is 4.93. The number of carbonyl (C=O) groups excluding carboxylic acids is 2. The molecule has 0 bridgehead atoms. The zero-order valence-corrected chi connectivity index (χ0v) is 14.7. The van der Waals surface area contributed by atoms with Gasteiger partial charge in [0.05, 0.1) is 10.6 Å². The third-order valence-corrected chi connectivity index (χ3v) is 4.48. The zero-order valence-electron chi connectivity index (χ0n) is 13.1. The summed E-state index contributed by atoms with van der Waals surface area (Å²) in [5.41, 5.74) is 0.342. The molecular weight excluding hydrogens is 334 g/mol. The van der Waals surface area contributed by atoms with Gasteiger partial charge in [0.2, 0.25) is 0 Å². The zero-order chi connectivity index (χ0) is 17.0. The van der Waals surface area contributed by atoms with Crippen molar-refractivity contribution >= 4 is 34.8 Å². The van der Waals surface area contributed by atoms with Crippen molar-refractivity contribution in [2.75, 3.05) is 0 Å². The van der Waals surface area contributed by atoms with Crippen molar-refractivity contribution in [3.05, 3.63) is 51.2 Å². The Kier molecular flexibility index (Phi) is 5.74. The molecule has 0 aliphatic heterocycles. The highest BCUT2D eigenvalue weighted by Crippen LogP contribution is 2.15. The number of halogens is 1. The Bertz CT molecular complexity index is 779. The lowest BCUT2D eigenvalue weighted by atomic mass is 10.0. The van der Waals surface area contributed by atoms with Crippen molar-refractivity contribution in [2.24, 2.45) is 18.0 Å². The van der Waals surface area contributed by atoms with Crippen LogP contribution in [0.1, 0.15) is 24.2 Å². The standard InChI is InChI=1S/C16H18ClN3O2S/c1-10(2)13(15(22)19-16-20(3)8-9-23-16)18-14(21)11-6-4-5-7-12(11)17/h4-10,13H,1-3H3,(H,18,21). The van der Waals surface area contributed by atoms with Crippen LogP contribution in [0.2, 0.25) is 5.02 Å². The maximum Gasteiger partial charge on any atom is 0.271 e. The van der Waals surface area contributed by atoms with Gasteiger partial charge in [-0.2, -0.15) is 4.99 Å². The van der Waals surface area contributed by atoms with Gasteiger partial charge in [-0.25, -0.2) is 0 Å². The molecule has 0 radical (unpaired) electrons. The molecule has 0 saturated heterocycles. The number of benzene rings is 1. The Balaban J connectivity index is 2.23. The van der Waals surface area contributed by atoms with E-state index in [-0.39, 0.29) is 17.7 Å². The fourth-order valence-corrected chi connectivity index (χ4v) is 2.93. The van der Waals surface area contributed by atoms with Gasteiger partial charge in [-0.1, -0.05) is 37.6 Å². The van der Waals surface area contributed by atoms with E-state index in [0.29, 0.717) is 15.4 Å². The monoisotopic (exact) mass is 351 g/mol. The van der Waals surface area contributed by atoms with Gasteiger partial charge in [-0.15, -0.1) is 11.3 Å². The van der Waals surface area contributed by atoms with E-state index in [9.17, 15) is 9.59 Å². The topological polar surface area (TPSA) is 63.5 Å². The first-order valence-electron chi connectivity index (χ1n) is 7.14. The van der Waals surface area contributed by atoms with Gasteiger partial charge in [0.1, 0.15) is 6.04 Å². The summed E-state index contributed by atoms with van der Waals surface area (Å²) in [6.45, 7) is 3.72. The molecule has 1 atom stereocenters. The number of nitrogens with zero attached hydrogens (tertiary/aromatic N) is 2. The minimum absolute atomic E-state index is 0.0945. The SMILES string of the molecule is CC(C)C(NC(=O)c1ccccc1Cl)C(=O)N=c1sccn1C. The molecule has 0 spiro atoms. The molecule has 1 aromatic heterocycles. The Hall–Kier alpha value is -1.92. The third-order valence-electron chi connectivity index (χ3n) is 3.30. The number of aryl methyl sites for hydroxylation is 1. The van der Waals surface area contributed by atoms with Crippen LogP contribution in [0, 0.1) is 5.92 Å². The van der Waals surface area contributed by atoms with Gasteiger partial charge < -0.3 is 9.88 Å². The largest absolute Gasteiger partial charge is 0.340 e. The summed E-state index contributed by atoms with van der Waals surface area (Å²) in [4.78, 5) is 29.5. The van der Waals surface area contributed by atoms with Crippen molar-refractivity contribution < 1.29 is 9.59 Å². The predicted molar refractivity (Wildman–Crippen MR) is 91.4 cm³/mol. The molecule has 0 aliphatic rings. The van der Waals surface area contributed by atoms with Crippen LogP contribution in [0.4, 0.5) is 0 Å². The van der Waals surface area contributed by atoms with Crippen LogP contribution in [-0.2, 0) is 11.8 Å². The highest BCUT2D eigenvalue weighted by molar-refractivity contribution is 7.07. The third kappa shape index (κ3) is 4.30. The number of amides is 2. The summed E-state index contributed by atoms with van der Waals surface area (Å²) in [6, 6.07) is 6.02.